The number of aryl methyl sites for hydroxylation is 1. The average Bonchev–Trinajstić information content (AvgIpc) is 2.81. The molecule has 0 atom stereocenters. The number of esters is 1. The van der Waals surface area contributed by atoms with Crippen LogP contribution in [0.2, 0.25) is 44.4 Å². The number of benzene rings is 3. The maximum Gasteiger partial charge on any atom is 0.343 e. The molecule has 0 unspecified atom stereocenters. The smallest absolute Gasteiger partial charge is 0.343 e. The van der Waals surface area contributed by atoms with Crippen molar-refractivity contribution in [1.82, 2.24) is 0 Å². The van der Waals surface area contributed by atoms with E-state index in [1.807, 2.05) is 36.4 Å². The molecule has 0 N–H and O–H groups in total. The fraction of sp³-hybridized carbons (Fsp3) is 0.333. The number of hydrogen-bond donors (Lipinski definition) is 0. The molecule has 0 spiro atoms. The van der Waals surface area contributed by atoms with E-state index in [9.17, 15) is 4.79 Å². The zero-order valence-electron chi connectivity index (χ0n) is 21.7. The van der Waals surface area contributed by atoms with E-state index in [4.69, 9.17) is 10.00 Å². The van der Waals surface area contributed by atoms with Crippen molar-refractivity contribution in [3.8, 4) is 22.9 Å². The number of nitrogens with zero attached hydrogens (tertiary/aromatic N) is 1. The number of carbonyl (C=O) groups excluding carboxylic acids is 1. The minimum Gasteiger partial charge on any atom is -0.423 e. The molecule has 5 heteroatoms. The van der Waals surface area contributed by atoms with Crippen LogP contribution in [-0.2, 0) is 6.42 Å². The summed E-state index contributed by atoms with van der Waals surface area (Å²) in [6.45, 7) is 12.6. The van der Waals surface area contributed by atoms with Crippen molar-refractivity contribution in [2.24, 2.45) is 0 Å². The van der Waals surface area contributed by atoms with E-state index >= 15 is 0 Å². The minimum absolute atomic E-state index is 0.346. The van der Waals surface area contributed by atoms with E-state index in [0.29, 0.717) is 16.9 Å². The minimum atomic E-state index is -1.08. The highest BCUT2D eigenvalue weighted by Gasteiger charge is 2.27. The predicted octanol–water partition coefficient (Wildman–Crippen LogP) is 8.35. The van der Waals surface area contributed by atoms with E-state index in [1.54, 1.807) is 24.3 Å². The Labute approximate surface area is 212 Å². The van der Waals surface area contributed by atoms with Crippen molar-refractivity contribution in [3.63, 3.8) is 0 Å². The third kappa shape index (κ3) is 8.65. The second-order valence-electron chi connectivity index (χ2n) is 11.4. The molecular weight excluding hydrogens is 463 g/mol. The maximum absolute atomic E-state index is 12.6. The summed E-state index contributed by atoms with van der Waals surface area (Å²) in [4.78, 5) is 12.6. The second kappa shape index (κ2) is 11.7. The molecule has 0 saturated heterocycles. The second-order valence-corrected chi connectivity index (χ2v) is 22.8. The van der Waals surface area contributed by atoms with Crippen molar-refractivity contribution in [2.45, 2.75) is 63.7 Å². The normalized spacial score (nSPS) is 11.7. The van der Waals surface area contributed by atoms with Gasteiger partial charge in [-0.15, -0.1) is 0 Å². The molecule has 35 heavy (non-hydrogen) atoms. The summed E-state index contributed by atoms with van der Waals surface area (Å²) >= 11 is 0. The van der Waals surface area contributed by atoms with Crippen LogP contribution in [0.3, 0.4) is 0 Å². The Balaban J connectivity index is 1.48. The summed E-state index contributed by atoms with van der Waals surface area (Å²) < 4.78 is 5.57. The first-order chi connectivity index (χ1) is 16.5. The number of hydrogen-bond acceptors (Lipinski definition) is 3. The molecule has 0 aliphatic heterocycles. The predicted molar refractivity (Wildman–Crippen MR) is 151 cm³/mol. The number of nitriles is 1. The lowest BCUT2D eigenvalue weighted by atomic mass is 10.0. The first kappa shape index (κ1) is 26.7. The van der Waals surface area contributed by atoms with E-state index in [-0.39, 0.29) is 5.97 Å². The van der Waals surface area contributed by atoms with Gasteiger partial charge in [-0.25, -0.2) is 4.79 Å². The maximum atomic E-state index is 12.6. The van der Waals surface area contributed by atoms with Crippen LogP contribution >= 0.6 is 0 Å². The molecule has 0 aliphatic carbocycles. The zero-order chi connectivity index (χ0) is 25.5. The monoisotopic (exact) mass is 499 g/mol. The van der Waals surface area contributed by atoms with Crippen LogP contribution in [-0.4, -0.2) is 22.1 Å². The molecule has 0 amide bonds. The van der Waals surface area contributed by atoms with Crippen LogP contribution in [0.5, 0.6) is 5.75 Å². The van der Waals surface area contributed by atoms with Crippen LogP contribution in [0.25, 0.3) is 11.1 Å². The Bertz CT molecular complexity index is 1150. The molecule has 3 nitrogen and oxygen atoms in total. The number of unbranched alkanes of at least 4 members (excludes halogenated alkanes) is 1. The topological polar surface area (TPSA) is 50.1 Å². The van der Waals surface area contributed by atoms with Gasteiger partial charge >= 0.3 is 5.97 Å². The largest absolute Gasteiger partial charge is 0.423 e. The average molecular weight is 500 g/mol. The van der Waals surface area contributed by atoms with Crippen LogP contribution in [0.1, 0.15) is 34.3 Å². The standard InChI is InChI=1S/C30H37NO2Si2/c1-34(2,3)23-35(4,5)21-7-6-8-24-9-15-28(16-10-24)30(32)33-29-19-17-27(18-20-29)26-13-11-25(22-31)12-14-26/h9-20H,6-8,21,23H2,1-5H3. The molecule has 182 valence electrons. The summed E-state index contributed by atoms with van der Waals surface area (Å²) in [6, 6.07) is 26.2. The van der Waals surface area contributed by atoms with Gasteiger partial charge < -0.3 is 4.74 Å². The van der Waals surface area contributed by atoms with Gasteiger partial charge in [0.05, 0.1) is 17.2 Å². The van der Waals surface area contributed by atoms with Crippen molar-refractivity contribution < 1.29 is 9.53 Å². The Morgan fingerprint density at radius 3 is 1.91 bits per heavy atom. The van der Waals surface area contributed by atoms with E-state index in [1.165, 1.54) is 30.1 Å². The fourth-order valence-corrected chi connectivity index (χ4v) is 18.3. The lowest BCUT2D eigenvalue weighted by Gasteiger charge is -2.29. The molecule has 0 aromatic heterocycles. The zero-order valence-corrected chi connectivity index (χ0v) is 23.7. The third-order valence-corrected chi connectivity index (χ3v) is 16.0. The Hall–Kier alpha value is -2.95. The van der Waals surface area contributed by atoms with Crippen molar-refractivity contribution in [2.75, 3.05) is 0 Å². The Morgan fingerprint density at radius 2 is 1.37 bits per heavy atom. The van der Waals surface area contributed by atoms with Gasteiger partial charge in [0.25, 0.3) is 0 Å². The van der Waals surface area contributed by atoms with Gasteiger partial charge in [-0.2, -0.15) is 5.26 Å². The number of carbonyl (C=O) groups is 1. The fourth-order valence-electron chi connectivity index (χ4n) is 4.88. The van der Waals surface area contributed by atoms with Gasteiger partial charge in [-0.05, 0) is 65.9 Å². The SMILES string of the molecule is C[Si](C)(C)C[Si](C)(C)CCCCc1ccc(C(=O)Oc2ccc(-c3ccc(C#N)cc3)cc2)cc1. The van der Waals surface area contributed by atoms with Crippen LogP contribution in [0, 0.1) is 11.3 Å². The molecule has 0 heterocycles. The van der Waals surface area contributed by atoms with Gasteiger partial charge in [0.1, 0.15) is 5.75 Å². The van der Waals surface area contributed by atoms with Crippen LogP contribution in [0.4, 0.5) is 0 Å². The number of ether oxygens (including phenoxy) is 1. The number of rotatable bonds is 10. The van der Waals surface area contributed by atoms with Crippen LogP contribution < -0.4 is 4.74 Å². The molecule has 0 radical (unpaired) electrons. The van der Waals surface area contributed by atoms with Gasteiger partial charge in [0, 0.05) is 16.1 Å². The lowest BCUT2D eigenvalue weighted by molar-refractivity contribution is 0.0734. The van der Waals surface area contributed by atoms with Crippen molar-refractivity contribution >= 4 is 22.1 Å². The van der Waals surface area contributed by atoms with E-state index in [0.717, 1.165) is 17.5 Å². The Kier molecular flexibility index (Phi) is 8.88. The third-order valence-electron chi connectivity index (χ3n) is 6.18. The summed E-state index contributed by atoms with van der Waals surface area (Å²) in [7, 11) is -2.05. The van der Waals surface area contributed by atoms with E-state index in [2.05, 4.69) is 50.9 Å². The van der Waals surface area contributed by atoms with Gasteiger partial charge in [-0.1, -0.05) is 87.3 Å². The highest BCUT2D eigenvalue weighted by Crippen LogP contribution is 2.26. The molecule has 3 aromatic carbocycles. The Morgan fingerprint density at radius 1 is 0.800 bits per heavy atom. The molecular formula is C30H37NO2Si2. The summed E-state index contributed by atoms with van der Waals surface area (Å²) in [5.41, 5.74) is 6.00. The quantitative estimate of drug-likeness (QED) is 0.122. The van der Waals surface area contributed by atoms with Gasteiger partial charge in [0.15, 0.2) is 0 Å². The summed E-state index contributed by atoms with van der Waals surface area (Å²) in [5.74, 6) is 0.170. The van der Waals surface area contributed by atoms with Crippen LogP contribution in [0.15, 0.2) is 72.8 Å². The highest BCUT2D eigenvalue weighted by molar-refractivity contribution is 6.94. The lowest BCUT2D eigenvalue weighted by Crippen LogP contribution is -2.37. The van der Waals surface area contributed by atoms with Gasteiger partial charge in [0.2, 0.25) is 0 Å². The van der Waals surface area contributed by atoms with E-state index < -0.39 is 16.1 Å². The molecule has 3 rings (SSSR count). The molecule has 0 aliphatic rings. The summed E-state index contributed by atoms with van der Waals surface area (Å²) in [5, 5.41) is 8.94. The molecule has 0 saturated carbocycles. The molecule has 3 aromatic rings. The first-order valence-electron chi connectivity index (χ1n) is 12.5. The first-order valence-corrected chi connectivity index (χ1v) is 19.6. The molecule has 0 fully saturated rings. The highest BCUT2D eigenvalue weighted by atomic mass is 28.4. The molecule has 0 bridgehead atoms. The van der Waals surface area contributed by atoms with Crippen molar-refractivity contribution in [1.29, 1.82) is 5.26 Å². The van der Waals surface area contributed by atoms with Gasteiger partial charge in [-0.3, -0.25) is 0 Å². The van der Waals surface area contributed by atoms with Crippen molar-refractivity contribution in [3.05, 3.63) is 89.5 Å². The summed E-state index contributed by atoms with van der Waals surface area (Å²) in [6.07, 6.45) is 3.56.